The van der Waals surface area contributed by atoms with E-state index in [4.69, 9.17) is 10.5 Å². The number of benzene rings is 1. The standard InChI is InChI=1S/C24H23F3N4O2/c1-23(2)20-18(12-33-23)17-9-13(3-8-19(17)30-21(20)28)22(32)31(16-6-7-16)11-15-5-4-14(10-29-15)24(25,26)27/h3-5,8-10,16H,6-7,11-12H2,1-2H3,(H2,28,30). The number of fused-ring (bicyclic) bond motifs is 3. The molecule has 2 aliphatic rings. The topological polar surface area (TPSA) is 81.3 Å². The molecule has 2 N–H and O–H groups in total. The Morgan fingerprint density at radius 1 is 1.24 bits per heavy atom. The van der Waals surface area contributed by atoms with Crippen molar-refractivity contribution >= 4 is 22.6 Å². The van der Waals surface area contributed by atoms with Gasteiger partial charge in [0.15, 0.2) is 0 Å². The molecule has 1 saturated carbocycles. The van der Waals surface area contributed by atoms with Crippen LogP contribution in [0.4, 0.5) is 19.0 Å². The lowest BCUT2D eigenvalue weighted by molar-refractivity contribution is -0.137. The quantitative estimate of drug-likeness (QED) is 0.610. The van der Waals surface area contributed by atoms with Crippen molar-refractivity contribution in [1.29, 1.82) is 0 Å². The van der Waals surface area contributed by atoms with Gasteiger partial charge in [-0.1, -0.05) is 0 Å². The van der Waals surface area contributed by atoms with E-state index in [0.717, 1.165) is 41.6 Å². The molecule has 0 spiro atoms. The highest BCUT2D eigenvalue weighted by molar-refractivity contribution is 5.99. The van der Waals surface area contributed by atoms with Gasteiger partial charge in [-0.05, 0) is 62.6 Å². The third kappa shape index (κ3) is 3.90. The molecule has 6 nitrogen and oxygen atoms in total. The van der Waals surface area contributed by atoms with Crippen LogP contribution in [-0.2, 0) is 29.7 Å². The van der Waals surface area contributed by atoms with E-state index in [2.05, 4.69) is 9.97 Å². The molecule has 1 aromatic carbocycles. The van der Waals surface area contributed by atoms with Crippen molar-refractivity contribution in [2.24, 2.45) is 0 Å². The molecule has 0 bridgehead atoms. The number of nitrogen functional groups attached to an aromatic ring is 1. The third-order valence-corrected chi connectivity index (χ3v) is 6.28. The van der Waals surface area contributed by atoms with Gasteiger partial charge in [0.2, 0.25) is 0 Å². The zero-order valence-corrected chi connectivity index (χ0v) is 18.2. The molecule has 1 fully saturated rings. The molecule has 3 heterocycles. The van der Waals surface area contributed by atoms with Crippen molar-refractivity contribution in [2.75, 3.05) is 5.73 Å². The summed E-state index contributed by atoms with van der Waals surface area (Å²) in [6.45, 7) is 4.39. The maximum absolute atomic E-state index is 13.4. The van der Waals surface area contributed by atoms with Gasteiger partial charge in [0.25, 0.3) is 5.91 Å². The summed E-state index contributed by atoms with van der Waals surface area (Å²) in [5.41, 5.74) is 8.17. The minimum absolute atomic E-state index is 0.0508. The van der Waals surface area contributed by atoms with Gasteiger partial charge >= 0.3 is 6.18 Å². The summed E-state index contributed by atoms with van der Waals surface area (Å²) in [6, 6.07) is 7.66. The number of hydrogen-bond donors (Lipinski definition) is 1. The fraction of sp³-hybridized carbons (Fsp3) is 0.375. The van der Waals surface area contributed by atoms with E-state index in [9.17, 15) is 18.0 Å². The molecule has 1 aliphatic carbocycles. The van der Waals surface area contributed by atoms with Crippen LogP contribution in [0, 0.1) is 0 Å². The molecule has 0 radical (unpaired) electrons. The van der Waals surface area contributed by atoms with Gasteiger partial charge in [-0.3, -0.25) is 9.78 Å². The van der Waals surface area contributed by atoms with E-state index < -0.39 is 17.3 Å². The number of nitrogens with two attached hydrogens (primary N) is 1. The first-order valence-corrected chi connectivity index (χ1v) is 10.7. The number of nitrogens with zero attached hydrogens (tertiary/aromatic N) is 3. The number of rotatable bonds is 4. The number of alkyl halides is 3. The van der Waals surface area contributed by atoms with Gasteiger partial charge in [-0.2, -0.15) is 13.2 Å². The maximum Gasteiger partial charge on any atom is 0.417 e. The smallest absolute Gasteiger partial charge is 0.383 e. The van der Waals surface area contributed by atoms with E-state index in [1.165, 1.54) is 6.07 Å². The fourth-order valence-electron chi connectivity index (χ4n) is 4.41. The average Bonchev–Trinajstić information content (AvgIpc) is 3.54. The van der Waals surface area contributed by atoms with E-state index in [0.29, 0.717) is 29.2 Å². The summed E-state index contributed by atoms with van der Waals surface area (Å²) in [6.07, 6.45) is -1.93. The third-order valence-electron chi connectivity index (χ3n) is 6.28. The molecule has 5 rings (SSSR count). The molecule has 1 aliphatic heterocycles. The molecular weight excluding hydrogens is 433 g/mol. The first-order valence-electron chi connectivity index (χ1n) is 10.7. The second-order valence-electron chi connectivity index (χ2n) is 9.08. The van der Waals surface area contributed by atoms with Crippen LogP contribution in [0.15, 0.2) is 36.5 Å². The number of ether oxygens (including phenoxy) is 1. The summed E-state index contributed by atoms with van der Waals surface area (Å²) >= 11 is 0. The Morgan fingerprint density at radius 3 is 2.64 bits per heavy atom. The lowest BCUT2D eigenvalue weighted by Gasteiger charge is -2.23. The number of carbonyl (C=O) groups is 1. The fourth-order valence-corrected chi connectivity index (χ4v) is 4.41. The highest BCUT2D eigenvalue weighted by atomic mass is 19.4. The van der Waals surface area contributed by atoms with Crippen LogP contribution in [0.2, 0.25) is 0 Å². The van der Waals surface area contributed by atoms with Crippen LogP contribution in [-0.4, -0.2) is 26.8 Å². The van der Waals surface area contributed by atoms with Gasteiger partial charge in [0.05, 0.1) is 35.5 Å². The Hall–Kier alpha value is -3.20. The molecule has 1 amide bonds. The number of anilines is 1. The van der Waals surface area contributed by atoms with Crippen molar-refractivity contribution < 1.29 is 22.7 Å². The Kier molecular flexibility index (Phi) is 4.86. The Morgan fingerprint density at radius 2 is 2.00 bits per heavy atom. The van der Waals surface area contributed by atoms with Crippen LogP contribution in [0.5, 0.6) is 0 Å². The Balaban J connectivity index is 1.47. The second kappa shape index (κ2) is 7.41. The predicted octanol–water partition coefficient (Wildman–Crippen LogP) is 4.80. The monoisotopic (exact) mass is 456 g/mol. The molecule has 0 unspecified atom stereocenters. The van der Waals surface area contributed by atoms with Gasteiger partial charge < -0.3 is 15.4 Å². The van der Waals surface area contributed by atoms with Gasteiger partial charge in [0, 0.05) is 28.8 Å². The zero-order valence-electron chi connectivity index (χ0n) is 18.2. The molecule has 33 heavy (non-hydrogen) atoms. The Labute approximate surface area is 188 Å². The molecular formula is C24H23F3N4O2. The highest BCUT2D eigenvalue weighted by Gasteiger charge is 2.37. The predicted molar refractivity (Wildman–Crippen MR) is 116 cm³/mol. The summed E-state index contributed by atoms with van der Waals surface area (Å²) in [7, 11) is 0. The van der Waals surface area contributed by atoms with Gasteiger partial charge in [-0.25, -0.2) is 4.98 Å². The van der Waals surface area contributed by atoms with Gasteiger partial charge in [0.1, 0.15) is 5.82 Å². The van der Waals surface area contributed by atoms with Crippen molar-refractivity contribution in [3.63, 3.8) is 0 Å². The number of carbonyl (C=O) groups excluding carboxylic acids is 1. The normalized spacial score (nSPS) is 17.2. The number of pyridine rings is 2. The highest BCUT2D eigenvalue weighted by Crippen LogP contribution is 2.42. The van der Waals surface area contributed by atoms with E-state index in [1.54, 1.807) is 17.0 Å². The number of halogens is 3. The van der Waals surface area contributed by atoms with Crippen molar-refractivity contribution in [1.82, 2.24) is 14.9 Å². The molecule has 0 saturated heterocycles. The van der Waals surface area contributed by atoms with Gasteiger partial charge in [-0.15, -0.1) is 0 Å². The van der Waals surface area contributed by atoms with Crippen molar-refractivity contribution in [3.8, 4) is 0 Å². The van der Waals surface area contributed by atoms with E-state index in [-0.39, 0.29) is 18.5 Å². The van der Waals surface area contributed by atoms with Crippen LogP contribution in [0.25, 0.3) is 10.9 Å². The van der Waals surface area contributed by atoms with Crippen molar-refractivity contribution in [3.05, 3.63) is 64.5 Å². The number of aromatic nitrogens is 2. The van der Waals surface area contributed by atoms with E-state index in [1.807, 2.05) is 19.9 Å². The SMILES string of the molecule is CC1(C)OCc2c1c(N)nc1ccc(C(=O)N(Cc3ccc(C(F)(F)F)cn3)C3CC3)cc21. The lowest BCUT2D eigenvalue weighted by atomic mass is 9.93. The molecule has 0 atom stereocenters. The summed E-state index contributed by atoms with van der Waals surface area (Å²) < 4.78 is 44.4. The lowest BCUT2D eigenvalue weighted by Crippen LogP contribution is -2.33. The second-order valence-corrected chi connectivity index (χ2v) is 9.08. The molecule has 9 heteroatoms. The van der Waals surface area contributed by atoms with Crippen LogP contribution < -0.4 is 5.73 Å². The maximum atomic E-state index is 13.4. The minimum Gasteiger partial charge on any atom is -0.383 e. The summed E-state index contributed by atoms with van der Waals surface area (Å²) in [4.78, 5) is 23.6. The first kappa shape index (κ1) is 21.6. The average molecular weight is 456 g/mol. The van der Waals surface area contributed by atoms with Crippen LogP contribution in [0.3, 0.4) is 0 Å². The minimum atomic E-state index is -4.45. The summed E-state index contributed by atoms with van der Waals surface area (Å²) in [5, 5.41) is 0.819. The van der Waals surface area contributed by atoms with E-state index >= 15 is 0 Å². The zero-order chi connectivity index (χ0) is 23.5. The molecule has 3 aromatic rings. The van der Waals surface area contributed by atoms with Crippen molar-refractivity contribution in [2.45, 2.75) is 57.7 Å². The van der Waals surface area contributed by atoms with Crippen LogP contribution in [0.1, 0.15) is 59.4 Å². The Bertz CT molecular complexity index is 1250. The largest absolute Gasteiger partial charge is 0.417 e. The number of amides is 1. The first-order chi connectivity index (χ1) is 15.5. The molecule has 172 valence electrons. The summed E-state index contributed by atoms with van der Waals surface area (Å²) in [5.74, 6) is 0.233. The molecule has 2 aromatic heterocycles. The van der Waals surface area contributed by atoms with Crippen LogP contribution >= 0.6 is 0 Å². The number of hydrogen-bond acceptors (Lipinski definition) is 5.